The molecule has 0 aliphatic heterocycles. The van der Waals surface area contributed by atoms with E-state index in [1.807, 2.05) is 0 Å². The Morgan fingerprint density at radius 1 is 1.24 bits per heavy atom. The number of anilines is 3. The topological polar surface area (TPSA) is 80.1 Å². The highest BCUT2D eigenvalue weighted by atomic mass is 79.9. The second-order valence-electron chi connectivity index (χ2n) is 3.95. The average Bonchev–Trinajstić information content (AvgIpc) is 2.47. The minimum Gasteiger partial charge on any atom is -0.373 e. The SMILES string of the molecule is CNc1cc([N+](=O)[O-])cc(Nc2ccc(Br)c(Cl)c2Cl)n1. The maximum Gasteiger partial charge on any atom is 0.276 e. The standard InChI is InChI=1S/C12H9BrCl2N4O2/c1-16-9-4-6(19(20)21)5-10(18-9)17-8-3-2-7(13)11(14)12(8)15/h2-5H,1H3,(H2,16,17,18). The zero-order valence-corrected chi connectivity index (χ0v) is 13.8. The third-order valence-electron chi connectivity index (χ3n) is 2.57. The molecule has 1 aromatic heterocycles. The van der Waals surface area contributed by atoms with E-state index in [1.54, 1.807) is 19.2 Å². The molecule has 2 N–H and O–H groups in total. The molecule has 2 rings (SSSR count). The molecule has 110 valence electrons. The van der Waals surface area contributed by atoms with Gasteiger partial charge in [0.05, 0.1) is 32.8 Å². The van der Waals surface area contributed by atoms with Gasteiger partial charge in [-0.3, -0.25) is 10.1 Å². The fraction of sp³-hybridized carbons (Fsp3) is 0.0833. The van der Waals surface area contributed by atoms with Crippen molar-refractivity contribution in [2.45, 2.75) is 0 Å². The Morgan fingerprint density at radius 3 is 2.52 bits per heavy atom. The van der Waals surface area contributed by atoms with Gasteiger partial charge in [0, 0.05) is 11.5 Å². The Bertz CT molecular complexity index is 712. The van der Waals surface area contributed by atoms with Gasteiger partial charge in [-0.1, -0.05) is 23.2 Å². The molecule has 0 fully saturated rings. The lowest BCUT2D eigenvalue weighted by Gasteiger charge is -2.10. The number of pyridine rings is 1. The highest BCUT2D eigenvalue weighted by Crippen LogP contribution is 2.37. The number of benzene rings is 1. The van der Waals surface area contributed by atoms with Gasteiger partial charge in [-0.25, -0.2) is 4.98 Å². The molecule has 0 saturated carbocycles. The molecule has 1 aromatic carbocycles. The van der Waals surface area contributed by atoms with Crippen molar-refractivity contribution in [2.75, 3.05) is 17.7 Å². The van der Waals surface area contributed by atoms with E-state index >= 15 is 0 Å². The first kappa shape index (κ1) is 15.8. The van der Waals surface area contributed by atoms with E-state index in [0.717, 1.165) is 0 Å². The Labute approximate surface area is 138 Å². The van der Waals surface area contributed by atoms with Crippen LogP contribution >= 0.6 is 39.1 Å². The van der Waals surface area contributed by atoms with Gasteiger partial charge < -0.3 is 10.6 Å². The Kier molecular flexibility index (Phi) is 4.87. The van der Waals surface area contributed by atoms with Crippen LogP contribution in [0.1, 0.15) is 0 Å². The predicted molar refractivity (Wildman–Crippen MR) is 87.9 cm³/mol. The van der Waals surface area contributed by atoms with E-state index in [1.165, 1.54) is 12.1 Å². The zero-order chi connectivity index (χ0) is 15.6. The number of nitrogens with zero attached hydrogens (tertiary/aromatic N) is 2. The summed E-state index contributed by atoms with van der Waals surface area (Å²) < 4.78 is 0.655. The number of nitrogens with one attached hydrogen (secondary N) is 2. The summed E-state index contributed by atoms with van der Waals surface area (Å²) in [4.78, 5) is 14.6. The summed E-state index contributed by atoms with van der Waals surface area (Å²) in [6.45, 7) is 0. The lowest BCUT2D eigenvalue weighted by molar-refractivity contribution is -0.384. The average molecular weight is 392 g/mol. The van der Waals surface area contributed by atoms with Gasteiger partial charge >= 0.3 is 0 Å². The van der Waals surface area contributed by atoms with Crippen molar-refractivity contribution >= 4 is 62.1 Å². The molecule has 0 radical (unpaired) electrons. The third-order valence-corrected chi connectivity index (χ3v) is 4.35. The van der Waals surface area contributed by atoms with Crippen LogP contribution in [0.25, 0.3) is 0 Å². The van der Waals surface area contributed by atoms with Crippen molar-refractivity contribution < 1.29 is 4.92 Å². The van der Waals surface area contributed by atoms with E-state index in [-0.39, 0.29) is 11.5 Å². The summed E-state index contributed by atoms with van der Waals surface area (Å²) in [5, 5.41) is 17.2. The molecular formula is C12H9BrCl2N4O2. The van der Waals surface area contributed by atoms with Gasteiger partial charge in [-0.05, 0) is 28.1 Å². The highest BCUT2D eigenvalue weighted by molar-refractivity contribution is 9.10. The summed E-state index contributed by atoms with van der Waals surface area (Å²) >= 11 is 15.4. The van der Waals surface area contributed by atoms with Gasteiger partial charge in [0.2, 0.25) is 0 Å². The first-order valence-corrected chi connectivity index (χ1v) is 7.22. The maximum absolute atomic E-state index is 10.9. The van der Waals surface area contributed by atoms with Crippen molar-refractivity contribution in [3.63, 3.8) is 0 Å². The number of nitro groups is 1. The lowest BCUT2D eigenvalue weighted by atomic mass is 10.3. The fourth-order valence-electron chi connectivity index (χ4n) is 1.57. The smallest absolute Gasteiger partial charge is 0.276 e. The number of hydrogen-bond donors (Lipinski definition) is 2. The number of halogens is 3. The molecule has 0 atom stereocenters. The van der Waals surface area contributed by atoms with Gasteiger partial charge in [-0.15, -0.1) is 0 Å². The van der Waals surface area contributed by atoms with Gasteiger partial charge in [0.1, 0.15) is 11.6 Å². The Hall–Kier alpha value is -1.57. The van der Waals surface area contributed by atoms with Crippen molar-refractivity contribution in [3.05, 3.63) is 48.9 Å². The largest absolute Gasteiger partial charge is 0.373 e. The summed E-state index contributed by atoms with van der Waals surface area (Å²) in [7, 11) is 1.62. The van der Waals surface area contributed by atoms with Crippen molar-refractivity contribution in [2.24, 2.45) is 0 Å². The Morgan fingerprint density at radius 2 is 1.90 bits per heavy atom. The summed E-state index contributed by atoms with van der Waals surface area (Å²) in [5.41, 5.74) is 0.413. The quantitative estimate of drug-likeness (QED) is 0.442. The second-order valence-corrected chi connectivity index (χ2v) is 5.56. The minimum atomic E-state index is -0.496. The third kappa shape index (κ3) is 3.55. The molecule has 0 unspecified atom stereocenters. The summed E-state index contributed by atoms with van der Waals surface area (Å²) in [6, 6.07) is 6.05. The van der Waals surface area contributed by atoms with Crippen LogP contribution in [0.15, 0.2) is 28.7 Å². The monoisotopic (exact) mass is 390 g/mol. The molecule has 0 saturated heterocycles. The molecule has 0 bridgehead atoms. The maximum atomic E-state index is 10.9. The predicted octanol–water partition coefficient (Wildman–Crippen LogP) is 4.84. The number of rotatable bonds is 4. The molecule has 1 heterocycles. The Balaban J connectivity index is 2.42. The van der Waals surface area contributed by atoms with Crippen molar-refractivity contribution in [1.29, 1.82) is 0 Å². The first-order chi connectivity index (χ1) is 9.92. The zero-order valence-electron chi connectivity index (χ0n) is 10.7. The second kappa shape index (κ2) is 6.46. The molecule has 2 aromatic rings. The molecular weight excluding hydrogens is 383 g/mol. The molecule has 0 spiro atoms. The molecule has 6 nitrogen and oxygen atoms in total. The number of hydrogen-bond acceptors (Lipinski definition) is 5. The molecule has 0 amide bonds. The van der Waals surface area contributed by atoms with Gasteiger partial charge in [0.15, 0.2) is 0 Å². The van der Waals surface area contributed by atoms with E-state index < -0.39 is 4.92 Å². The lowest BCUT2D eigenvalue weighted by Crippen LogP contribution is -2.01. The van der Waals surface area contributed by atoms with Gasteiger partial charge in [0.25, 0.3) is 5.69 Å². The van der Waals surface area contributed by atoms with E-state index in [0.29, 0.717) is 26.0 Å². The normalized spacial score (nSPS) is 10.3. The van der Waals surface area contributed by atoms with Crippen LogP contribution < -0.4 is 10.6 Å². The summed E-state index contributed by atoms with van der Waals surface area (Å²) in [6.07, 6.45) is 0. The van der Waals surface area contributed by atoms with Crippen LogP contribution in [0.4, 0.5) is 23.0 Å². The van der Waals surface area contributed by atoms with Crippen LogP contribution in [-0.2, 0) is 0 Å². The van der Waals surface area contributed by atoms with Gasteiger partial charge in [-0.2, -0.15) is 0 Å². The van der Waals surface area contributed by atoms with Crippen LogP contribution in [0, 0.1) is 10.1 Å². The van der Waals surface area contributed by atoms with E-state index in [9.17, 15) is 10.1 Å². The van der Waals surface area contributed by atoms with Crippen LogP contribution in [0.3, 0.4) is 0 Å². The molecule has 9 heteroatoms. The molecule has 0 aliphatic rings. The van der Waals surface area contributed by atoms with E-state index in [4.69, 9.17) is 23.2 Å². The van der Waals surface area contributed by atoms with Crippen LogP contribution in [0.5, 0.6) is 0 Å². The van der Waals surface area contributed by atoms with Crippen LogP contribution in [-0.4, -0.2) is 17.0 Å². The highest BCUT2D eigenvalue weighted by Gasteiger charge is 2.13. The fourth-order valence-corrected chi connectivity index (χ4v) is 2.40. The van der Waals surface area contributed by atoms with Crippen LogP contribution in [0.2, 0.25) is 10.0 Å². The minimum absolute atomic E-state index is 0.0869. The van der Waals surface area contributed by atoms with Crippen molar-refractivity contribution in [1.82, 2.24) is 4.98 Å². The van der Waals surface area contributed by atoms with Crippen molar-refractivity contribution in [3.8, 4) is 0 Å². The van der Waals surface area contributed by atoms with E-state index in [2.05, 4.69) is 31.5 Å². The first-order valence-electron chi connectivity index (χ1n) is 5.67. The summed E-state index contributed by atoms with van der Waals surface area (Å²) in [5.74, 6) is 0.653. The molecule has 0 aliphatic carbocycles. The molecule has 21 heavy (non-hydrogen) atoms. The number of aromatic nitrogens is 1.